The molecule has 0 spiro atoms. The molecule has 1 rings (SSSR count). The van der Waals surface area contributed by atoms with E-state index in [0.717, 1.165) is 28.7 Å². The quantitative estimate of drug-likeness (QED) is 0.648. The molecule has 1 heterocycles. The average molecular weight is 313 g/mol. The van der Waals surface area contributed by atoms with Gasteiger partial charge in [-0.1, -0.05) is 56.4 Å². The van der Waals surface area contributed by atoms with Gasteiger partial charge in [0.25, 0.3) is 0 Å². The molecule has 1 aromatic rings. The Morgan fingerprint density at radius 2 is 1.90 bits per heavy atom. The van der Waals surface area contributed by atoms with E-state index < -0.39 is 17.4 Å². The van der Waals surface area contributed by atoms with E-state index in [1.54, 1.807) is 6.08 Å². The fourth-order valence-electron chi connectivity index (χ4n) is 2.03. The summed E-state index contributed by atoms with van der Waals surface area (Å²) in [6, 6.07) is 0. The van der Waals surface area contributed by atoms with Crippen LogP contribution >= 0.6 is 11.3 Å². The molecular formula is C15H23NO4S. The molecule has 0 unspecified atom stereocenters. The van der Waals surface area contributed by atoms with E-state index in [9.17, 15) is 14.7 Å². The van der Waals surface area contributed by atoms with Gasteiger partial charge in [0.1, 0.15) is 6.54 Å². The van der Waals surface area contributed by atoms with Gasteiger partial charge >= 0.3 is 10.8 Å². The normalized spacial score (nSPS) is 11.3. The third-order valence-electron chi connectivity index (χ3n) is 3.18. The average Bonchev–Trinajstić information content (AvgIpc) is 2.69. The summed E-state index contributed by atoms with van der Waals surface area (Å²) in [7, 11) is 0. The molecule has 0 aromatic carbocycles. The van der Waals surface area contributed by atoms with Crippen molar-refractivity contribution in [2.24, 2.45) is 0 Å². The number of nitrogens with zero attached hydrogens (tertiary/aromatic N) is 1. The van der Waals surface area contributed by atoms with Crippen LogP contribution in [0.4, 0.5) is 0 Å². The first-order valence-corrected chi connectivity index (χ1v) is 8.18. The number of aliphatic carboxylic acids is 1. The molecule has 0 saturated carbocycles. The standard InChI is InChI=1S/C15H23NO4S/c1-2-3-4-5-6-7-8-9-10-12-14(19)16(11-13(17)18)15(20)21-12/h9-10,19H,2-8,11H2,1H3,(H,17,18)/b10-9+. The maximum absolute atomic E-state index is 11.6. The van der Waals surface area contributed by atoms with Gasteiger partial charge in [0.2, 0.25) is 5.88 Å². The van der Waals surface area contributed by atoms with Gasteiger partial charge in [0.15, 0.2) is 0 Å². The van der Waals surface area contributed by atoms with E-state index in [1.807, 2.05) is 6.08 Å². The van der Waals surface area contributed by atoms with Gasteiger partial charge in [-0.2, -0.15) is 0 Å². The lowest BCUT2D eigenvalue weighted by atomic mass is 10.1. The number of allylic oxidation sites excluding steroid dienone is 1. The van der Waals surface area contributed by atoms with Gasteiger partial charge < -0.3 is 10.2 Å². The first-order valence-electron chi connectivity index (χ1n) is 7.37. The van der Waals surface area contributed by atoms with Gasteiger partial charge in [0, 0.05) is 0 Å². The summed E-state index contributed by atoms with van der Waals surface area (Å²) in [6.45, 7) is 1.68. The Balaban J connectivity index is 2.43. The summed E-state index contributed by atoms with van der Waals surface area (Å²) in [5, 5.41) is 18.5. The molecule has 21 heavy (non-hydrogen) atoms. The second kappa shape index (κ2) is 9.39. The second-order valence-corrected chi connectivity index (χ2v) is 5.99. The van der Waals surface area contributed by atoms with Gasteiger partial charge in [-0.25, -0.2) is 0 Å². The Morgan fingerprint density at radius 3 is 2.57 bits per heavy atom. The third kappa shape index (κ3) is 6.16. The Kier molecular flexibility index (Phi) is 7.82. The number of hydrogen-bond acceptors (Lipinski definition) is 4. The first-order chi connectivity index (χ1) is 10.1. The molecule has 118 valence electrons. The number of aromatic hydroxyl groups is 1. The minimum atomic E-state index is -1.15. The van der Waals surface area contributed by atoms with Crippen molar-refractivity contribution in [2.75, 3.05) is 0 Å². The van der Waals surface area contributed by atoms with E-state index in [1.165, 1.54) is 32.1 Å². The largest absolute Gasteiger partial charge is 0.493 e. The highest BCUT2D eigenvalue weighted by Gasteiger charge is 2.13. The van der Waals surface area contributed by atoms with E-state index in [2.05, 4.69) is 6.92 Å². The Labute approximate surface area is 128 Å². The molecule has 0 aliphatic rings. The zero-order valence-electron chi connectivity index (χ0n) is 12.4. The number of thiazole rings is 1. The van der Waals surface area contributed by atoms with Crippen molar-refractivity contribution in [1.82, 2.24) is 4.57 Å². The first kappa shape index (κ1) is 17.5. The SMILES string of the molecule is CCCCCCCC/C=C/c1sc(=O)n(CC(=O)O)c1O. The van der Waals surface area contributed by atoms with E-state index in [4.69, 9.17) is 5.11 Å². The predicted molar refractivity (Wildman–Crippen MR) is 84.9 cm³/mol. The maximum Gasteiger partial charge on any atom is 0.323 e. The lowest BCUT2D eigenvalue weighted by molar-refractivity contribution is -0.137. The van der Waals surface area contributed by atoms with Crippen LogP contribution in [-0.2, 0) is 11.3 Å². The Morgan fingerprint density at radius 1 is 1.24 bits per heavy atom. The van der Waals surface area contributed by atoms with Gasteiger partial charge in [0.05, 0.1) is 4.88 Å². The van der Waals surface area contributed by atoms with Gasteiger partial charge in [-0.15, -0.1) is 0 Å². The fourth-order valence-corrected chi connectivity index (χ4v) is 2.85. The number of hydrogen-bond donors (Lipinski definition) is 2. The lowest BCUT2D eigenvalue weighted by Crippen LogP contribution is -2.18. The van der Waals surface area contributed by atoms with Crippen molar-refractivity contribution in [3.05, 3.63) is 20.6 Å². The van der Waals surface area contributed by atoms with Crippen LogP contribution in [0.2, 0.25) is 0 Å². The lowest BCUT2D eigenvalue weighted by Gasteiger charge is -1.99. The minimum Gasteiger partial charge on any atom is -0.493 e. The van der Waals surface area contributed by atoms with Crippen molar-refractivity contribution in [2.45, 2.75) is 58.4 Å². The van der Waals surface area contributed by atoms with Crippen molar-refractivity contribution in [1.29, 1.82) is 0 Å². The molecule has 2 N–H and O–H groups in total. The molecule has 5 nitrogen and oxygen atoms in total. The summed E-state index contributed by atoms with van der Waals surface area (Å²) in [5.74, 6) is -1.40. The second-order valence-electron chi connectivity index (χ2n) is 4.99. The summed E-state index contributed by atoms with van der Waals surface area (Å²) < 4.78 is 0.872. The molecule has 1 aromatic heterocycles. The molecule has 0 saturated heterocycles. The highest BCUT2D eigenvalue weighted by molar-refractivity contribution is 7.10. The summed E-state index contributed by atoms with van der Waals surface area (Å²) in [5.41, 5.74) is 0. The molecule has 6 heteroatoms. The number of rotatable bonds is 10. The zero-order valence-corrected chi connectivity index (χ0v) is 13.2. The number of carboxylic acid groups (broad SMARTS) is 1. The topological polar surface area (TPSA) is 79.5 Å². The summed E-state index contributed by atoms with van der Waals surface area (Å²) in [4.78, 5) is 22.1. The Bertz CT molecular complexity index is 530. The molecule has 0 fully saturated rings. The highest BCUT2D eigenvalue weighted by atomic mass is 32.1. The molecule has 0 aliphatic heterocycles. The van der Waals surface area contributed by atoms with Gasteiger partial charge in [-0.3, -0.25) is 14.2 Å². The smallest absolute Gasteiger partial charge is 0.323 e. The number of aromatic nitrogens is 1. The van der Waals surface area contributed by atoms with Crippen LogP contribution in [0, 0.1) is 0 Å². The van der Waals surface area contributed by atoms with Crippen LogP contribution in [-0.4, -0.2) is 20.7 Å². The van der Waals surface area contributed by atoms with E-state index >= 15 is 0 Å². The van der Waals surface area contributed by atoms with Crippen molar-refractivity contribution < 1.29 is 15.0 Å². The van der Waals surface area contributed by atoms with Crippen LogP contribution in [0.25, 0.3) is 6.08 Å². The van der Waals surface area contributed by atoms with E-state index in [0.29, 0.717) is 4.88 Å². The number of carbonyl (C=O) groups is 1. The molecule has 0 atom stereocenters. The Hall–Kier alpha value is -1.56. The zero-order chi connectivity index (χ0) is 15.7. The van der Waals surface area contributed by atoms with Crippen LogP contribution < -0.4 is 4.87 Å². The third-order valence-corrected chi connectivity index (χ3v) is 4.11. The molecule has 0 aliphatic carbocycles. The molecular weight excluding hydrogens is 290 g/mol. The van der Waals surface area contributed by atoms with E-state index in [-0.39, 0.29) is 5.88 Å². The maximum atomic E-state index is 11.6. The minimum absolute atomic E-state index is 0.258. The van der Waals surface area contributed by atoms with Crippen molar-refractivity contribution >= 4 is 23.4 Å². The van der Waals surface area contributed by atoms with Gasteiger partial charge in [-0.05, 0) is 18.9 Å². The molecule has 0 amide bonds. The monoisotopic (exact) mass is 313 g/mol. The van der Waals surface area contributed by atoms with Crippen molar-refractivity contribution in [3.8, 4) is 5.88 Å². The van der Waals surface area contributed by atoms with Crippen LogP contribution in [0.15, 0.2) is 10.9 Å². The highest BCUT2D eigenvalue weighted by Crippen LogP contribution is 2.21. The molecule has 0 radical (unpaired) electrons. The predicted octanol–water partition coefficient (Wildman–Crippen LogP) is 3.46. The summed E-state index contributed by atoms with van der Waals surface area (Å²) in [6.07, 6.45) is 11.9. The molecule has 0 bridgehead atoms. The van der Waals surface area contributed by atoms with Crippen LogP contribution in [0.3, 0.4) is 0 Å². The number of carboxylic acids is 1. The van der Waals surface area contributed by atoms with Crippen LogP contribution in [0.1, 0.15) is 56.7 Å². The van der Waals surface area contributed by atoms with Crippen LogP contribution in [0.5, 0.6) is 5.88 Å². The number of unbranched alkanes of at least 4 members (excludes halogenated alkanes) is 6. The van der Waals surface area contributed by atoms with Crippen molar-refractivity contribution in [3.63, 3.8) is 0 Å². The fraction of sp³-hybridized carbons (Fsp3) is 0.600. The summed E-state index contributed by atoms with van der Waals surface area (Å²) >= 11 is 0.865.